The Morgan fingerprint density at radius 2 is 0.642 bits per heavy atom. The van der Waals surface area contributed by atoms with Crippen molar-refractivity contribution in [3.63, 3.8) is 0 Å². The van der Waals surface area contributed by atoms with E-state index in [4.69, 9.17) is 84.1 Å². The van der Waals surface area contributed by atoms with E-state index in [1.807, 2.05) is 66.7 Å². The molecule has 0 N–H and O–H groups in total. The van der Waals surface area contributed by atoms with Crippen molar-refractivity contribution in [3.8, 4) is 92.5 Å². The highest BCUT2D eigenvalue weighted by molar-refractivity contribution is 7.91. The predicted molar refractivity (Wildman–Crippen MR) is 518 cm³/mol. The number of piperazine rings is 3. The first-order chi connectivity index (χ1) is 65.9. The zero-order valence-corrected chi connectivity index (χ0v) is 80.5. The summed E-state index contributed by atoms with van der Waals surface area (Å²) in [6, 6.07) is 44.9. The second-order valence-electron chi connectivity index (χ2n) is 31.9. The van der Waals surface area contributed by atoms with Gasteiger partial charge < -0.3 is 32.9 Å². The van der Waals surface area contributed by atoms with E-state index in [0.717, 1.165) is 144 Å². The zero-order chi connectivity index (χ0) is 96.9. The average molecular weight is 2040 g/mol. The standard InChI is InChI=1S/C26H23ClFN5O3S.C25H25ClFN5O3S.C25H27ClFN5O2S.C19H12Cl2FN3O3S/c1-2-9-31-10-12-32(13-11-31)21-5-3-4-19(15-21)24-16-33(30-29-24)26-23(28)7-6-20(25(26)27)18-37(34,35)22-8-14-36-17-22;1-2-30-9-11-31(12-10-30)20-5-3-4-18(14-20)23-15-32(29-28-23)25-22(27)7-6-19(24(25)26)17-36(33,34)21-8-13-35-16-21;1-3-10-30-11-13-31(14-12-30)21-7-5-6-19(16-21)23-17-32(29-28-23)25-22(27)9-8-20(24(25)26)18-35(33,34)15-4-2;20-14-3-1-2-12(8-14)17-9-25(24-23-17)19-16(22)5-4-13(18(19)21)11-29(26,27)15-6-7-28-10-15/h1,3-8,14-17H,9-13,18H2;3-8,13-16H,2,9-12,17H2,1H3;1,5-9,16-17H,4,10-15,18H2,2H3;1-10H,11H2. The van der Waals surface area contributed by atoms with Gasteiger partial charge in [0.1, 0.15) is 102 Å². The van der Waals surface area contributed by atoms with Gasteiger partial charge in [-0.05, 0) is 126 Å². The molecule has 0 spiro atoms. The van der Waals surface area contributed by atoms with Crippen LogP contribution < -0.4 is 14.7 Å². The minimum absolute atomic E-state index is 0.0136. The number of nitrogens with zero attached hydrogens (tertiary/aromatic N) is 18. The van der Waals surface area contributed by atoms with Crippen LogP contribution in [0.2, 0.25) is 25.1 Å². The SMILES string of the molecule is C#CCN1CCN(c2cccc(-c3cn(-c4c(F)ccc(CS(=O)(=O)CCC)c4Cl)nn3)c2)CC1.C#CCN1CCN(c2cccc(-c3cn(-c4c(F)ccc(CS(=O)(=O)c5ccoc5)c4Cl)nn3)c2)CC1.CCN1CCN(c2cccc(-c3cn(-c4c(F)ccc(CS(=O)(=O)c5ccoc5)c4Cl)nn3)c2)CC1.O=S(=O)(Cc1ccc(F)c(-n2cc(-c3cccc(Cl)c3)nn2)c1Cl)c1ccoc1. The van der Waals surface area contributed by atoms with Gasteiger partial charge in [-0.1, -0.05) is 177 Å². The molecule has 3 saturated heterocycles. The molecule has 0 bridgehead atoms. The Bertz CT molecular complexity index is 7390. The summed E-state index contributed by atoms with van der Waals surface area (Å²) in [6.45, 7) is 17.2. The second-order valence-corrected chi connectivity index (χ2v) is 42.0. The summed E-state index contributed by atoms with van der Waals surface area (Å²) in [7, 11) is -14.5. The fourth-order valence-corrected chi connectivity index (χ4v) is 22.6. The van der Waals surface area contributed by atoms with E-state index >= 15 is 0 Å². The smallest absolute Gasteiger partial charge is 0.185 e. The summed E-state index contributed by atoms with van der Waals surface area (Å²) in [4.78, 5) is 13.9. The van der Waals surface area contributed by atoms with Gasteiger partial charge in [0.05, 0.1) is 106 Å². The maximum Gasteiger partial charge on any atom is 0.185 e. The molecule has 29 nitrogen and oxygen atoms in total. The van der Waals surface area contributed by atoms with E-state index in [2.05, 4.69) is 95.5 Å². The maximum atomic E-state index is 14.9. The average Bonchev–Trinajstić information content (AvgIpc) is 1.72. The van der Waals surface area contributed by atoms with Crippen molar-refractivity contribution in [3.05, 3.63) is 297 Å². The first-order valence-corrected chi connectivity index (χ1v) is 51.4. The first-order valence-electron chi connectivity index (χ1n) is 42.8. The van der Waals surface area contributed by atoms with E-state index < -0.39 is 79.9 Å². The van der Waals surface area contributed by atoms with E-state index in [1.165, 1.54) is 104 Å². The normalized spacial score (nSPS) is 14.1. The molecular formula is C95H87Cl5F4N18O11S4. The molecule has 10 heterocycles. The molecule has 710 valence electrons. The number of aromatic nitrogens is 12. The molecule has 3 fully saturated rings. The van der Waals surface area contributed by atoms with Crippen LogP contribution in [0.25, 0.3) is 67.8 Å². The monoisotopic (exact) mass is 2030 g/mol. The Morgan fingerprint density at radius 3 is 0.912 bits per heavy atom. The number of halogens is 9. The van der Waals surface area contributed by atoms with Gasteiger partial charge in [-0.15, -0.1) is 33.2 Å². The van der Waals surface area contributed by atoms with E-state index in [0.29, 0.717) is 58.4 Å². The molecule has 7 aromatic heterocycles. The molecule has 8 aromatic carbocycles. The highest BCUT2D eigenvalue weighted by Gasteiger charge is 2.30. The van der Waals surface area contributed by atoms with Crippen molar-refractivity contribution in [2.75, 3.05) is 119 Å². The Morgan fingerprint density at radius 1 is 0.358 bits per heavy atom. The molecule has 15 aromatic rings. The predicted octanol–water partition coefficient (Wildman–Crippen LogP) is 17.2. The van der Waals surface area contributed by atoms with Gasteiger partial charge in [-0.2, -0.15) is 0 Å². The zero-order valence-electron chi connectivity index (χ0n) is 73.4. The molecule has 18 rings (SSSR count). The quantitative estimate of drug-likeness (QED) is 0.0341. The minimum Gasteiger partial charge on any atom is -0.471 e. The third-order valence-electron chi connectivity index (χ3n) is 22.8. The van der Waals surface area contributed by atoms with Crippen molar-refractivity contribution >= 4 is 114 Å². The van der Waals surface area contributed by atoms with Crippen LogP contribution in [0.1, 0.15) is 42.5 Å². The van der Waals surface area contributed by atoms with Crippen molar-refractivity contribution in [1.82, 2.24) is 74.7 Å². The highest BCUT2D eigenvalue weighted by Crippen LogP contribution is 2.39. The fourth-order valence-electron chi connectivity index (χ4n) is 15.6. The number of anilines is 3. The minimum atomic E-state index is -3.73. The lowest BCUT2D eigenvalue weighted by Gasteiger charge is -2.35. The van der Waals surface area contributed by atoms with Crippen LogP contribution in [0.15, 0.2) is 254 Å². The van der Waals surface area contributed by atoms with Gasteiger partial charge >= 0.3 is 0 Å². The molecule has 0 unspecified atom stereocenters. The molecule has 137 heavy (non-hydrogen) atoms. The topological polar surface area (TPSA) is 318 Å². The summed E-state index contributed by atoms with van der Waals surface area (Å²) in [6.07, 6.45) is 24.8. The van der Waals surface area contributed by atoms with Crippen molar-refractivity contribution in [1.29, 1.82) is 0 Å². The Hall–Kier alpha value is -12.5. The van der Waals surface area contributed by atoms with Crippen LogP contribution in [0.3, 0.4) is 0 Å². The third kappa shape index (κ3) is 23.9. The van der Waals surface area contributed by atoms with Gasteiger partial charge in [0.2, 0.25) is 0 Å². The van der Waals surface area contributed by atoms with Crippen LogP contribution in [-0.4, -0.2) is 212 Å². The summed E-state index contributed by atoms with van der Waals surface area (Å²) < 4.78 is 179. The van der Waals surface area contributed by atoms with Gasteiger partial charge in [-0.25, -0.2) is 70.0 Å². The van der Waals surface area contributed by atoms with Crippen LogP contribution in [0, 0.1) is 48.0 Å². The molecule has 3 aliphatic rings. The van der Waals surface area contributed by atoms with Gasteiger partial charge in [0.15, 0.2) is 39.3 Å². The van der Waals surface area contributed by atoms with Crippen LogP contribution >= 0.6 is 58.0 Å². The Labute approximate surface area is 813 Å². The lowest BCUT2D eigenvalue weighted by molar-refractivity contribution is 0.271. The van der Waals surface area contributed by atoms with Crippen LogP contribution in [0.4, 0.5) is 34.6 Å². The van der Waals surface area contributed by atoms with E-state index in [9.17, 15) is 51.2 Å². The maximum absolute atomic E-state index is 14.9. The number of hydrogen-bond donors (Lipinski definition) is 0. The number of sulfone groups is 4. The summed E-state index contributed by atoms with van der Waals surface area (Å²) >= 11 is 31.8. The molecule has 0 radical (unpaired) electrons. The summed E-state index contributed by atoms with van der Waals surface area (Å²) in [5.74, 6) is 1.35. The van der Waals surface area contributed by atoms with Gasteiger partial charge in [0.25, 0.3) is 0 Å². The number of rotatable bonds is 27. The second kappa shape index (κ2) is 43.9. The molecule has 0 aliphatic carbocycles. The number of terminal acetylenes is 2. The van der Waals surface area contributed by atoms with E-state index in [1.54, 1.807) is 49.8 Å². The molecular weight excluding hydrogens is 1950 g/mol. The third-order valence-corrected chi connectivity index (χ3v) is 31.4. The molecule has 0 amide bonds. The van der Waals surface area contributed by atoms with Crippen molar-refractivity contribution in [2.45, 2.75) is 58.0 Å². The first kappa shape index (κ1) is 99.0. The van der Waals surface area contributed by atoms with Crippen LogP contribution in [-0.2, 0) is 62.4 Å². The number of benzene rings is 8. The molecule has 0 saturated carbocycles. The van der Waals surface area contributed by atoms with E-state index in [-0.39, 0.29) is 85.7 Å². The fraction of sp³-hybridized carbons (Fsp3) is 0.242. The van der Waals surface area contributed by atoms with Gasteiger partial charge in [-0.3, -0.25) is 9.80 Å². The van der Waals surface area contributed by atoms with Crippen LogP contribution in [0.5, 0.6) is 0 Å². The number of likely N-dealkylation sites (N-methyl/N-ethyl adjacent to an activating group) is 1. The molecule has 0 atom stereocenters. The summed E-state index contributed by atoms with van der Waals surface area (Å²) in [5.41, 5.74) is 9.28. The summed E-state index contributed by atoms with van der Waals surface area (Å²) in [5, 5.41) is 33.3. The lowest BCUT2D eigenvalue weighted by atomic mass is 10.1. The van der Waals surface area contributed by atoms with Gasteiger partial charge in [0, 0.05) is 123 Å². The largest absolute Gasteiger partial charge is 0.471 e. The molecule has 42 heteroatoms. The number of hydrogen-bond acceptors (Lipinski definition) is 25. The van der Waals surface area contributed by atoms with Crippen molar-refractivity contribution < 1.29 is 64.5 Å². The Balaban J connectivity index is 0.000000139. The highest BCUT2D eigenvalue weighted by atomic mass is 35.5. The molecule has 3 aliphatic heterocycles. The lowest BCUT2D eigenvalue weighted by Crippen LogP contribution is -2.46. The number of furan rings is 3. The van der Waals surface area contributed by atoms with Crippen molar-refractivity contribution in [2.24, 2.45) is 0 Å². The Kier molecular flexibility index (Phi) is 31.7.